The van der Waals surface area contributed by atoms with Crippen LogP contribution in [0.15, 0.2) is 0 Å². The first-order chi connectivity index (χ1) is 6.01. The predicted molar refractivity (Wildman–Crippen MR) is 50.8 cm³/mol. The van der Waals surface area contributed by atoms with Crippen molar-refractivity contribution in [1.82, 2.24) is 4.72 Å². The summed E-state index contributed by atoms with van der Waals surface area (Å²) in [6.07, 6.45) is 4.85. The second kappa shape index (κ2) is 4.39. The number of hydrogen-bond acceptors (Lipinski definition) is 3. The van der Waals surface area contributed by atoms with Crippen LogP contribution in [-0.4, -0.2) is 32.4 Å². The molecule has 0 bridgehead atoms. The van der Waals surface area contributed by atoms with Gasteiger partial charge in [0.2, 0.25) is 10.0 Å². The molecule has 1 saturated carbocycles. The zero-order valence-electron chi connectivity index (χ0n) is 7.86. The van der Waals surface area contributed by atoms with Crippen molar-refractivity contribution in [1.29, 1.82) is 0 Å². The van der Waals surface area contributed by atoms with E-state index in [0.29, 0.717) is 0 Å². The lowest BCUT2D eigenvalue weighted by Crippen LogP contribution is -2.38. The molecule has 5 heteroatoms. The van der Waals surface area contributed by atoms with Gasteiger partial charge in [-0.15, -0.1) is 0 Å². The Kier molecular flexibility index (Phi) is 3.70. The molecule has 4 nitrogen and oxygen atoms in total. The molecule has 2 unspecified atom stereocenters. The Morgan fingerprint density at radius 3 is 2.69 bits per heavy atom. The summed E-state index contributed by atoms with van der Waals surface area (Å²) in [6, 6.07) is 0.0286. The maximum Gasteiger partial charge on any atom is 0.208 e. The maximum absolute atomic E-state index is 10.9. The first kappa shape index (κ1) is 10.9. The van der Waals surface area contributed by atoms with Gasteiger partial charge in [0, 0.05) is 12.6 Å². The van der Waals surface area contributed by atoms with Crippen LogP contribution in [0.1, 0.15) is 25.7 Å². The molecule has 78 valence electrons. The van der Waals surface area contributed by atoms with Gasteiger partial charge in [0.1, 0.15) is 0 Å². The summed E-state index contributed by atoms with van der Waals surface area (Å²) in [5.74, 6) is 0.271. The van der Waals surface area contributed by atoms with Gasteiger partial charge in [0.15, 0.2) is 0 Å². The first-order valence-corrected chi connectivity index (χ1v) is 6.48. The normalized spacial score (nSPS) is 30.3. The number of aliphatic hydroxyl groups is 1. The maximum atomic E-state index is 10.9. The fourth-order valence-electron chi connectivity index (χ4n) is 1.87. The molecule has 2 N–H and O–H groups in total. The Balaban J connectivity index is 2.43. The van der Waals surface area contributed by atoms with Crippen LogP contribution in [0.5, 0.6) is 0 Å². The van der Waals surface area contributed by atoms with E-state index in [2.05, 4.69) is 4.72 Å². The van der Waals surface area contributed by atoms with Crippen LogP contribution < -0.4 is 4.72 Å². The molecular formula is C8H17NO3S. The second-order valence-electron chi connectivity index (χ2n) is 3.80. The Labute approximate surface area is 79.4 Å². The standard InChI is InChI=1S/C8H17NO3S/c1-13(11,12)9-8-4-2-3-7(5-8)6-10/h7-10H,2-6H2,1H3. The summed E-state index contributed by atoms with van der Waals surface area (Å²) in [6.45, 7) is 0.169. The highest BCUT2D eigenvalue weighted by atomic mass is 32.2. The van der Waals surface area contributed by atoms with E-state index >= 15 is 0 Å². The number of rotatable bonds is 3. The molecule has 0 radical (unpaired) electrons. The lowest BCUT2D eigenvalue weighted by atomic mass is 9.87. The van der Waals surface area contributed by atoms with E-state index in [1.54, 1.807) is 0 Å². The van der Waals surface area contributed by atoms with Crippen molar-refractivity contribution >= 4 is 10.0 Å². The number of nitrogens with one attached hydrogen (secondary N) is 1. The average molecular weight is 207 g/mol. The molecule has 0 aromatic rings. The Morgan fingerprint density at radius 2 is 2.15 bits per heavy atom. The molecule has 0 aromatic carbocycles. The van der Waals surface area contributed by atoms with Gasteiger partial charge in [-0.25, -0.2) is 13.1 Å². The summed E-state index contributed by atoms with van der Waals surface area (Å²) in [5.41, 5.74) is 0. The van der Waals surface area contributed by atoms with Gasteiger partial charge in [-0.2, -0.15) is 0 Å². The van der Waals surface area contributed by atoms with E-state index in [4.69, 9.17) is 5.11 Å². The summed E-state index contributed by atoms with van der Waals surface area (Å²) in [7, 11) is -3.09. The highest BCUT2D eigenvalue weighted by molar-refractivity contribution is 7.88. The van der Waals surface area contributed by atoms with Crippen LogP contribution in [0.4, 0.5) is 0 Å². The molecule has 0 saturated heterocycles. The third-order valence-corrected chi connectivity index (χ3v) is 3.18. The van der Waals surface area contributed by atoms with Crippen molar-refractivity contribution < 1.29 is 13.5 Å². The van der Waals surface area contributed by atoms with Crippen molar-refractivity contribution in [2.45, 2.75) is 31.7 Å². The molecular weight excluding hydrogens is 190 g/mol. The summed E-state index contributed by atoms with van der Waals surface area (Å²) in [5, 5.41) is 8.93. The third-order valence-electron chi connectivity index (χ3n) is 2.42. The van der Waals surface area contributed by atoms with Crippen LogP contribution in [0.25, 0.3) is 0 Å². The highest BCUT2D eigenvalue weighted by Gasteiger charge is 2.23. The van der Waals surface area contributed by atoms with Crippen molar-refractivity contribution in [3.8, 4) is 0 Å². The largest absolute Gasteiger partial charge is 0.396 e. The van der Waals surface area contributed by atoms with Crippen LogP contribution in [-0.2, 0) is 10.0 Å². The number of aliphatic hydroxyl groups excluding tert-OH is 1. The molecule has 0 spiro atoms. The zero-order chi connectivity index (χ0) is 9.90. The van der Waals surface area contributed by atoms with Crippen molar-refractivity contribution in [2.24, 2.45) is 5.92 Å². The summed E-state index contributed by atoms with van der Waals surface area (Å²) < 4.78 is 24.4. The number of sulfonamides is 1. The fraction of sp³-hybridized carbons (Fsp3) is 1.00. The summed E-state index contributed by atoms with van der Waals surface area (Å²) >= 11 is 0. The molecule has 1 aliphatic carbocycles. The van der Waals surface area contributed by atoms with Gasteiger partial charge in [-0.05, 0) is 25.2 Å². The van der Waals surface area contributed by atoms with E-state index in [1.165, 1.54) is 6.26 Å². The van der Waals surface area contributed by atoms with E-state index in [0.717, 1.165) is 25.7 Å². The molecule has 2 atom stereocenters. The predicted octanol–water partition coefficient (Wildman–Crippen LogP) is 0.0867. The van der Waals surface area contributed by atoms with Crippen LogP contribution in [0, 0.1) is 5.92 Å². The molecule has 1 rings (SSSR count). The van der Waals surface area contributed by atoms with Crippen LogP contribution in [0.3, 0.4) is 0 Å². The SMILES string of the molecule is CS(=O)(=O)NC1CCCC(CO)C1. The van der Waals surface area contributed by atoms with E-state index in [9.17, 15) is 8.42 Å². The number of hydrogen-bond donors (Lipinski definition) is 2. The van der Waals surface area contributed by atoms with Gasteiger partial charge in [0.05, 0.1) is 6.26 Å². The molecule has 0 aromatic heterocycles. The Hall–Kier alpha value is -0.130. The second-order valence-corrected chi connectivity index (χ2v) is 5.58. The summed E-state index contributed by atoms with van der Waals surface area (Å²) in [4.78, 5) is 0. The highest BCUT2D eigenvalue weighted by Crippen LogP contribution is 2.23. The van der Waals surface area contributed by atoms with Gasteiger partial charge in [-0.3, -0.25) is 0 Å². The molecule has 13 heavy (non-hydrogen) atoms. The van der Waals surface area contributed by atoms with Crippen molar-refractivity contribution in [2.75, 3.05) is 12.9 Å². The van der Waals surface area contributed by atoms with Crippen LogP contribution in [0.2, 0.25) is 0 Å². The molecule has 0 aliphatic heterocycles. The average Bonchev–Trinajstić information content (AvgIpc) is 2.01. The zero-order valence-corrected chi connectivity index (χ0v) is 8.68. The third kappa shape index (κ3) is 4.06. The van der Waals surface area contributed by atoms with Gasteiger partial charge in [0.25, 0.3) is 0 Å². The quantitative estimate of drug-likeness (QED) is 0.689. The lowest BCUT2D eigenvalue weighted by molar-refractivity contribution is 0.177. The Morgan fingerprint density at radius 1 is 1.46 bits per heavy atom. The minimum absolute atomic E-state index is 0.0286. The monoisotopic (exact) mass is 207 g/mol. The van der Waals surface area contributed by atoms with Gasteiger partial charge in [-0.1, -0.05) is 6.42 Å². The minimum Gasteiger partial charge on any atom is -0.396 e. The lowest BCUT2D eigenvalue weighted by Gasteiger charge is -2.27. The smallest absolute Gasteiger partial charge is 0.208 e. The van der Waals surface area contributed by atoms with Crippen LogP contribution >= 0.6 is 0 Å². The molecule has 0 heterocycles. The van der Waals surface area contributed by atoms with E-state index in [1.807, 2.05) is 0 Å². The van der Waals surface area contributed by atoms with Crippen molar-refractivity contribution in [3.05, 3.63) is 0 Å². The van der Waals surface area contributed by atoms with Gasteiger partial charge >= 0.3 is 0 Å². The van der Waals surface area contributed by atoms with Gasteiger partial charge < -0.3 is 5.11 Å². The molecule has 1 fully saturated rings. The van der Waals surface area contributed by atoms with E-state index in [-0.39, 0.29) is 18.6 Å². The Bertz CT molecular complexity index is 250. The topological polar surface area (TPSA) is 66.4 Å². The first-order valence-electron chi connectivity index (χ1n) is 4.59. The van der Waals surface area contributed by atoms with Crippen molar-refractivity contribution in [3.63, 3.8) is 0 Å². The molecule has 1 aliphatic rings. The van der Waals surface area contributed by atoms with E-state index < -0.39 is 10.0 Å². The fourth-order valence-corrected chi connectivity index (χ4v) is 2.69. The minimum atomic E-state index is -3.09. The molecule has 0 amide bonds.